The maximum absolute atomic E-state index is 11.7. The van der Waals surface area contributed by atoms with Crippen LogP contribution in [0.15, 0.2) is 40.5 Å². The molecule has 2 amide bonds. The van der Waals surface area contributed by atoms with Gasteiger partial charge in [0.15, 0.2) is 0 Å². The summed E-state index contributed by atoms with van der Waals surface area (Å²) in [4.78, 5) is 12.8. The average molecular weight is 319 g/mol. The predicted molar refractivity (Wildman–Crippen MR) is 82.6 cm³/mol. The Bertz CT molecular complexity index is 690. The number of rotatable bonds is 5. The number of thiophene rings is 2. The van der Waals surface area contributed by atoms with Gasteiger partial charge in [0.2, 0.25) is 0 Å². The van der Waals surface area contributed by atoms with Crippen molar-refractivity contribution < 1.29 is 4.79 Å². The van der Waals surface area contributed by atoms with Crippen molar-refractivity contribution in [1.29, 1.82) is 0 Å². The van der Waals surface area contributed by atoms with Crippen LogP contribution in [0.25, 0.3) is 5.69 Å². The van der Waals surface area contributed by atoms with Crippen LogP contribution in [0, 0.1) is 0 Å². The van der Waals surface area contributed by atoms with Gasteiger partial charge in [-0.2, -0.15) is 11.3 Å². The monoisotopic (exact) mass is 319 g/mol. The van der Waals surface area contributed by atoms with E-state index in [2.05, 4.69) is 20.9 Å². The van der Waals surface area contributed by atoms with Gasteiger partial charge in [-0.3, -0.25) is 0 Å². The normalized spacial score (nSPS) is 10.5. The first-order valence-electron chi connectivity index (χ1n) is 6.29. The highest BCUT2D eigenvalue weighted by Crippen LogP contribution is 2.10. The summed E-state index contributed by atoms with van der Waals surface area (Å²) >= 11 is 3.21. The molecule has 21 heavy (non-hydrogen) atoms. The smallest absolute Gasteiger partial charge is 0.315 e. The van der Waals surface area contributed by atoms with E-state index in [9.17, 15) is 4.79 Å². The summed E-state index contributed by atoms with van der Waals surface area (Å²) in [5, 5.41) is 19.6. The second-order valence-electron chi connectivity index (χ2n) is 4.25. The minimum absolute atomic E-state index is 0.214. The third-order valence-corrected chi connectivity index (χ3v) is 4.29. The van der Waals surface area contributed by atoms with E-state index >= 15 is 0 Å². The van der Waals surface area contributed by atoms with Gasteiger partial charge in [-0.25, -0.2) is 9.48 Å². The number of nitrogens with zero attached hydrogens (tertiary/aromatic N) is 3. The number of hydrogen-bond donors (Lipinski definition) is 2. The zero-order valence-electron chi connectivity index (χ0n) is 11.0. The molecule has 2 N–H and O–H groups in total. The molecule has 0 saturated carbocycles. The van der Waals surface area contributed by atoms with E-state index in [4.69, 9.17) is 0 Å². The van der Waals surface area contributed by atoms with Crippen LogP contribution >= 0.6 is 22.7 Å². The molecule has 3 rings (SSSR count). The van der Waals surface area contributed by atoms with Gasteiger partial charge in [0, 0.05) is 10.3 Å². The van der Waals surface area contributed by atoms with Gasteiger partial charge in [-0.1, -0.05) is 11.3 Å². The van der Waals surface area contributed by atoms with E-state index in [-0.39, 0.29) is 6.03 Å². The number of aromatic nitrogens is 3. The topological polar surface area (TPSA) is 71.8 Å². The molecule has 0 bridgehead atoms. The molecule has 0 saturated heterocycles. The fourth-order valence-corrected chi connectivity index (χ4v) is 2.97. The largest absolute Gasteiger partial charge is 0.333 e. The van der Waals surface area contributed by atoms with Crippen molar-refractivity contribution in [2.24, 2.45) is 0 Å². The maximum atomic E-state index is 11.7. The predicted octanol–water partition coefficient (Wildman–Crippen LogP) is 2.39. The molecule has 108 valence electrons. The average Bonchev–Trinajstić information content (AvgIpc) is 3.24. The van der Waals surface area contributed by atoms with Crippen molar-refractivity contribution in [2.45, 2.75) is 13.1 Å². The SMILES string of the molecule is O=C(NCc1cn(-c2ccsc2)nn1)NCc1cccs1. The van der Waals surface area contributed by atoms with Crippen LogP contribution in [-0.4, -0.2) is 21.0 Å². The summed E-state index contributed by atoms with van der Waals surface area (Å²) in [6.07, 6.45) is 1.81. The fourth-order valence-electron chi connectivity index (χ4n) is 1.71. The second kappa shape index (κ2) is 6.51. The van der Waals surface area contributed by atoms with Gasteiger partial charge in [-0.05, 0) is 22.9 Å². The van der Waals surface area contributed by atoms with E-state index in [1.54, 1.807) is 27.4 Å². The lowest BCUT2D eigenvalue weighted by Gasteiger charge is -2.04. The van der Waals surface area contributed by atoms with Gasteiger partial charge in [0.05, 0.1) is 25.0 Å². The summed E-state index contributed by atoms with van der Waals surface area (Å²) in [5.41, 5.74) is 1.69. The molecular formula is C13H13N5OS2. The second-order valence-corrected chi connectivity index (χ2v) is 6.06. The molecule has 8 heteroatoms. The number of carbonyl (C=O) groups is 1. The summed E-state index contributed by atoms with van der Waals surface area (Å²) < 4.78 is 1.69. The molecule has 0 atom stereocenters. The van der Waals surface area contributed by atoms with Crippen molar-refractivity contribution >= 4 is 28.7 Å². The Kier molecular flexibility index (Phi) is 4.27. The van der Waals surface area contributed by atoms with Crippen molar-refractivity contribution in [3.63, 3.8) is 0 Å². The molecule has 0 radical (unpaired) electrons. The zero-order chi connectivity index (χ0) is 14.5. The number of amides is 2. The van der Waals surface area contributed by atoms with Crippen LogP contribution < -0.4 is 10.6 Å². The van der Waals surface area contributed by atoms with Crippen molar-refractivity contribution in [1.82, 2.24) is 25.6 Å². The Hall–Kier alpha value is -2.19. The zero-order valence-corrected chi connectivity index (χ0v) is 12.7. The first-order chi connectivity index (χ1) is 10.3. The molecule has 0 aliphatic rings. The van der Waals surface area contributed by atoms with Crippen LogP contribution in [0.4, 0.5) is 4.79 Å². The summed E-state index contributed by atoms with van der Waals surface area (Å²) in [5.74, 6) is 0. The van der Waals surface area contributed by atoms with Crippen LogP contribution in [0.1, 0.15) is 10.6 Å². The van der Waals surface area contributed by atoms with Crippen LogP contribution in [-0.2, 0) is 13.1 Å². The maximum Gasteiger partial charge on any atom is 0.315 e. The Morgan fingerprint density at radius 2 is 2.14 bits per heavy atom. The Morgan fingerprint density at radius 3 is 2.90 bits per heavy atom. The Labute approximate surface area is 129 Å². The quantitative estimate of drug-likeness (QED) is 0.758. The molecule has 0 unspecified atom stereocenters. The van der Waals surface area contributed by atoms with E-state index in [0.717, 1.165) is 10.6 Å². The molecule has 0 aromatic carbocycles. The molecule has 3 heterocycles. The van der Waals surface area contributed by atoms with E-state index in [0.29, 0.717) is 18.8 Å². The minimum Gasteiger partial charge on any atom is -0.333 e. The highest BCUT2D eigenvalue weighted by molar-refractivity contribution is 7.09. The van der Waals surface area contributed by atoms with E-state index in [1.807, 2.05) is 40.5 Å². The number of nitrogens with one attached hydrogen (secondary N) is 2. The van der Waals surface area contributed by atoms with Gasteiger partial charge in [-0.15, -0.1) is 16.4 Å². The van der Waals surface area contributed by atoms with Gasteiger partial charge >= 0.3 is 6.03 Å². The van der Waals surface area contributed by atoms with E-state index < -0.39 is 0 Å². The first-order valence-corrected chi connectivity index (χ1v) is 8.11. The molecule has 3 aromatic heterocycles. The number of carbonyl (C=O) groups excluding carboxylic acids is 1. The Morgan fingerprint density at radius 1 is 1.24 bits per heavy atom. The van der Waals surface area contributed by atoms with Crippen molar-refractivity contribution in [3.05, 3.63) is 51.1 Å². The third-order valence-electron chi connectivity index (χ3n) is 2.74. The third kappa shape index (κ3) is 3.67. The highest BCUT2D eigenvalue weighted by Gasteiger charge is 2.05. The summed E-state index contributed by atoms with van der Waals surface area (Å²) in [6.45, 7) is 0.880. The molecule has 0 aliphatic heterocycles. The first kappa shape index (κ1) is 13.8. The summed E-state index contributed by atoms with van der Waals surface area (Å²) in [7, 11) is 0. The van der Waals surface area contributed by atoms with Crippen molar-refractivity contribution in [2.75, 3.05) is 0 Å². The lowest BCUT2D eigenvalue weighted by Crippen LogP contribution is -2.34. The highest BCUT2D eigenvalue weighted by atomic mass is 32.1. The fraction of sp³-hybridized carbons (Fsp3) is 0.154. The minimum atomic E-state index is -0.214. The van der Waals surface area contributed by atoms with Crippen molar-refractivity contribution in [3.8, 4) is 5.69 Å². The van der Waals surface area contributed by atoms with Gasteiger partial charge < -0.3 is 10.6 Å². The Balaban J connectivity index is 1.47. The standard InChI is InChI=1S/C13H13N5OS2/c19-13(15-7-12-2-1-4-21-12)14-6-10-8-18(17-16-10)11-3-5-20-9-11/h1-5,8-9H,6-7H2,(H2,14,15,19). The number of hydrogen-bond acceptors (Lipinski definition) is 5. The lowest BCUT2D eigenvalue weighted by molar-refractivity contribution is 0.240. The van der Waals surface area contributed by atoms with Crippen LogP contribution in [0.2, 0.25) is 0 Å². The molecule has 6 nitrogen and oxygen atoms in total. The molecule has 0 aliphatic carbocycles. The molecular weight excluding hydrogens is 306 g/mol. The van der Waals surface area contributed by atoms with Crippen LogP contribution in [0.3, 0.4) is 0 Å². The van der Waals surface area contributed by atoms with Gasteiger partial charge in [0.1, 0.15) is 5.69 Å². The van der Waals surface area contributed by atoms with Crippen LogP contribution in [0.5, 0.6) is 0 Å². The number of urea groups is 1. The molecule has 0 spiro atoms. The van der Waals surface area contributed by atoms with E-state index in [1.165, 1.54) is 0 Å². The van der Waals surface area contributed by atoms with Gasteiger partial charge in [0.25, 0.3) is 0 Å². The molecule has 3 aromatic rings. The lowest BCUT2D eigenvalue weighted by atomic mass is 10.4. The summed E-state index contributed by atoms with van der Waals surface area (Å²) in [6, 6.07) is 5.69. The molecule has 0 fully saturated rings.